The predicted molar refractivity (Wildman–Crippen MR) is 109 cm³/mol. The van der Waals surface area contributed by atoms with Crippen molar-refractivity contribution in [2.24, 2.45) is 0 Å². The normalized spacial score (nSPS) is 30.7. The summed E-state index contributed by atoms with van der Waals surface area (Å²) in [7, 11) is 0. The van der Waals surface area contributed by atoms with Crippen LogP contribution in [0.4, 0.5) is 0 Å². The number of aliphatic hydroxyl groups is 2. The van der Waals surface area contributed by atoms with Crippen molar-refractivity contribution in [3.05, 3.63) is 0 Å². The molecule has 2 aliphatic rings. The number of rotatable bonds is 5. The van der Waals surface area contributed by atoms with E-state index in [1.165, 1.54) is 0 Å². The molecule has 0 amide bonds. The van der Waals surface area contributed by atoms with Crippen LogP contribution in [0.3, 0.4) is 0 Å². The van der Waals surface area contributed by atoms with Gasteiger partial charge >= 0.3 is 0 Å². The van der Waals surface area contributed by atoms with Gasteiger partial charge in [-0.25, -0.2) is 0 Å². The quantitative estimate of drug-likeness (QED) is 0.556. The zero-order valence-electron chi connectivity index (χ0n) is 18.6. The molecule has 0 aromatic carbocycles. The predicted octanol–water partition coefficient (Wildman–Crippen LogP) is 3.89. The molecule has 0 unspecified atom stereocenters. The summed E-state index contributed by atoms with van der Waals surface area (Å²) in [5, 5.41) is 29.7. The lowest BCUT2D eigenvalue weighted by Crippen LogP contribution is -2.63. The van der Waals surface area contributed by atoms with Gasteiger partial charge in [0.25, 0.3) is 0 Å². The third-order valence-electron chi connectivity index (χ3n) is 5.97. The molecule has 154 valence electrons. The molecule has 4 N–H and O–H groups in total. The molecular formula is C22H44N2O2. The van der Waals surface area contributed by atoms with Gasteiger partial charge in [0.15, 0.2) is 0 Å². The topological polar surface area (TPSA) is 64.5 Å². The maximum absolute atomic E-state index is 11.2. The lowest BCUT2D eigenvalue weighted by molar-refractivity contribution is -0.0730. The number of hydrogen-bond acceptors (Lipinski definition) is 4. The highest BCUT2D eigenvalue weighted by molar-refractivity contribution is 5.05. The molecule has 4 nitrogen and oxygen atoms in total. The highest BCUT2D eigenvalue weighted by Crippen LogP contribution is 2.41. The number of unbranched alkanes of at least 4 members (excludes halogenated alkanes) is 1. The average Bonchev–Trinajstić information content (AvgIpc) is 2.25. The van der Waals surface area contributed by atoms with E-state index in [0.29, 0.717) is 0 Å². The second-order valence-corrected chi connectivity index (χ2v) is 12.1. The highest BCUT2D eigenvalue weighted by atomic mass is 16.3. The molecule has 2 saturated heterocycles. The van der Waals surface area contributed by atoms with Crippen LogP contribution in [0.1, 0.15) is 107 Å². The summed E-state index contributed by atoms with van der Waals surface area (Å²) >= 11 is 0. The summed E-state index contributed by atoms with van der Waals surface area (Å²) < 4.78 is 0. The number of nitrogens with one attached hydrogen (secondary N) is 2. The van der Waals surface area contributed by atoms with Gasteiger partial charge in [0.1, 0.15) is 0 Å². The largest absolute Gasteiger partial charge is 0.390 e. The minimum atomic E-state index is -0.604. The first kappa shape index (κ1) is 22.1. The monoisotopic (exact) mass is 368 g/mol. The first-order valence-electron chi connectivity index (χ1n) is 10.5. The lowest BCUT2D eigenvalue weighted by Gasteiger charge is -2.51. The van der Waals surface area contributed by atoms with Crippen molar-refractivity contribution in [1.82, 2.24) is 10.6 Å². The molecule has 4 heteroatoms. The molecule has 2 aliphatic heterocycles. The average molecular weight is 369 g/mol. The summed E-state index contributed by atoms with van der Waals surface area (Å²) in [6.07, 6.45) is 6.74. The second-order valence-electron chi connectivity index (χ2n) is 12.1. The van der Waals surface area contributed by atoms with Crippen LogP contribution in [0.15, 0.2) is 0 Å². The van der Waals surface area contributed by atoms with Gasteiger partial charge < -0.3 is 20.8 Å². The molecule has 0 aromatic heterocycles. The number of hydrogen-bond donors (Lipinski definition) is 4. The van der Waals surface area contributed by atoms with Gasteiger partial charge in [-0.15, -0.1) is 0 Å². The van der Waals surface area contributed by atoms with Crippen LogP contribution < -0.4 is 10.6 Å². The fourth-order valence-electron chi connectivity index (χ4n) is 6.69. The summed E-state index contributed by atoms with van der Waals surface area (Å²) in [6.45, 7) is 17.5. The van der Waals surface area contributed by atoms with Crippen molar-refractivity contribution in [2.45, 2.75) is 140 Å². The Hall–Kier alpha value is -0.160. The van der Waals surface area contributed by atoms with Gasteiger partial charge in [0.2, 0.25) is 0 Å². The maximum Gasteiger partial charge on any atom is 0.0682 e. The summed E-state index contributed by atoms with van der Waals surface area (Å²) in [5.41, 5.74) is -1.38. The van der Waals surface area contributed by atoms with Crippen molar-refractivity contribution in [3.63, 3.8) is 0 Å². The fourth-order valence-corrected chi connectivity index (χ4v) is 6.69. The van der Waals surface area contributed by atoms with Gasteiger partial charge in [0.05, 0.1) is 11.2 Å². The molecule has 2 fully saturated rings. The molecule has 0 spiro atoms. The van der Waals surface area contributed by atoms with Crippen LogP contribution in [0, 0.1) is 0 Å². The van der Waals surface area contributed by atoms with Crippen LogP contribution in [-0.4, -0.2) is 43.6 Å². The summed E-state index contributed by atoms with van der Waals surface area (Å²) in [4.78, 5) is 0. The van der Waals surface area contributed by atoms with E-state index in [1.54, 1.807) is 0 Å². The smallest absolute Gasteiger partial charge is 0.0682 e. The van der Waals surface area contributed by atoms with E-state index in [0.717, 1.165) is 51.4 Å². The highest BCUT2D eigenvalue weighted by Gasteiger charge is 2.47. The zero-order chi connectivity index (χ0) is 20.1. The van der Waals surface area contributed by atoms with E-state index in [2.05, 4.69) is 66.0 Å². The van der Waals surface area contributed by atoms with E-state index in [9.17, 15) is 10.2 Å². The van der Waals surface area contributed by atoms with Gasteiger partial charge in [-0.3, -0.25) is 0 Å². The van der Waals surface area contributed by atoms with Gasteiger partial charge in [0, 0.05) is 22.2 Å². The van der Waals surface area contributed by atoms with E-state index >= 15 is 0 Å². The van der Waals surface area contributed by atoms with Crippen LogP contribution in [0.5, 0.6) is 0 Å². The fraction of sp³-hybridized carbons (Fsp3) is 1.00. The van der Waals surface area contributed by atoms with Crippen molar-refractivity contribution < 1.29 is 10.2 Å². The molecular weight excluding hydrogens is 324 g/mol. The molecule has 2 rings (SSSR count). The van der Waals surface area contributed by atoms with E-state index < -0.39 is 11.2 Å². The van der Waals surface area contributed by atoms with Crippen LogP contribution >= 0.6 is 0 Å². The van der Waals surface area contributed by atoms with Crippen LogP contribution in [0.25, 0.3) is 0 Å². The summed E-state index contributed by atoms with van der Waals surface area (Å²) in [5.74, 6) is 0. The third kappa shape index (κ3) is 6.19. The first-order chi connectivity index (χ1) is 11.4. The van der Waals surface area contributed by atoms with Gasteiger partial charge in [-0.05, 0) is 93.9 Å². The molecule has 0 atom stereocenters. The third-order valence-corrected chi connectivity index (χ3v) is 5.97. The number of piperidine rings is 2. The molecule has 0 aromatic rings. The van der Waals surface area contributed by atoms with E-state index in [4.69, 9.17) is 0 Å². The molecule has 2 heterocycles. The zero-order valence-corrected chi connectivity index (χ0v) is 18.6. The molecule has 0 radical (unpaired) electrons. The SMILES string of the molecule is CC1(C)CC(O)(CCCCC2(O)CC(C)(C)NC(C)(C)C2)CC(C)(C)N1. The van der Waals surface area contributed by atoms with Crippen LogP contribution in [-0.2, 0) is 0 Å². The molecule has 26 heavy (non-hydrogen) atoms. The second kappa shape index (κ2) is 6.72. The lowest BCUT2D eigenvalue weighted by atomic mass is 9.69. The minimum Gasteiger partial charge on any atom is -0.390 e. The van der Waals surface area contributed by atoms with E-state index in [1.807, 2.05) is 0 Å². The van der Waals surface area contributed by atoms with Crippen molar-refractivity contribution in [1.29, 1.82) is 0 Å². The van der Waals surface area contributed by atoms with Gasteiger partial charge in [-0.1, -0.05) is 12.8 Å². The first-order valence-corrected chi connectivity index (χ1v) is 10.5. The van der Waals surface area contributed by atoms with Crippen LogP contribution in [0.2, 0.25) is 0 Å². The maximum atomic E-state index is 11.2. The Bertz CT molecular complexity index is 430. The Morgan fingerprint density at radius 1 is 0.538 bits per heavy atom. The summed E-state index contributed by atoms with van der Waals surface area (Å²) in [6, 6.07) is 0. The molecule has 0 aliphatic carbocycles. The van der Waals surface area contributed by atoms with E-state index in [-0.39, 0.29) is 22.2 Å². The Balaban J connectivity index is 1.90. The molecule has 0 saturated carbocycles. The Morgan fingerprint density at radius 2 is 0.769 bits per heavy atom. The van der Waals surface area contributed by atoms with Crippen molar-refractivity contribution in [3.8, 4) is 0 Å². The molecule has 0 bridgehead atoms. The Labute approximate surface area is 161 Å². The standard InChI is InChI=1S/C22H44N2O2/c1-17(2)13-21(25,14-18(3,4)23-17)11-9-10-12-22(26)15-19(5,6)24-20(7,8)16-22/h23-26H,9-16H2,1-8H3. The Kier molecular flexibility index (Phi) is 5.72. The van der Waals surface area contributed by atoms with Crippen molar-refractivity contribution in [2.75, 3.05) is 0 Å². The van der Waals surface area contributed by atoms with Crippen molar-refractivity contribution >= 4 is 0 Å². The minimum absolute atomic E-state index is 0.0439. The van der Waals surface area contributed by atoms with Gasteiger partial charge in [-0.2, -0.15) is 0 Å². The Morgan fingerprint density at radius 3 is 1.00 bits per heavy atom.